The molecule has 3 rings (SSSR count). The van der Waals surface area contributed by atoms with Gasteiger partial charge in [0.2, 0.25) is 5.82 Å². The Labute approximate surface area is 141 Å². The summed E-state index contributed by atoms with van der Waals surface area (Å²) in [7, 11) is 1.63. The Morgan fingerprint density at radius 3 is 2.54 bits per heavy atom. The van der Waals surface area contributed by atoms with Crippen LogP contribution >= 0.6 is 0 Å². The van der Waals surface area contributed by atoms with E-state index in [-0.39, 0.29) is 6.10 Å². The molecule has 24 heavy (non-hydrogen) atoms. The van der Waals surface area contributed by atoms with E-state index in [1.165, 1.54) is 0 Å². The Balaban J connectivity index is 1.71. The maximum atomic E-state index is 5.64. The third-order valence-electron chi connectivity index (χ3n) is 3.40. The zero-order chi connectivity index (χ0) is 16.9. The van der Waals surface area contributed by atoms with E-state index in [2.05, 4.69) is 15.4 Å². The lowest BCUT2D eigenvalue weighted by atomic mass is 10.2. The number of hydrogen-bond donors (Lipinski definition) is 0. The molecule has 0 bridgehead atoms. The molecule has 6 heteroatoms. The number of tetrazole rings is 1. The van der Waals surface area contributed by atoms with Crippen LogP contribution in [0.3, 0.4) is 0 Å². The van der Waals surface area contributed by atoms with E-state index < -0.39 is 0 Å². The lowest BCUT2D eigenvalue weighted by Crippen LogP contribution is -2.06. The molecule has 3 aromatic rings. The molecule has 0 saturated carbocycles. The highest BCUT2D eigenvalue weighted by Crippen LogP contribution is 2.20. The summed E-state index contributed by atoms with van der Waals surface area (Å²) in [6.45, 7) is 4.57. The first-order valence-corrected chi connectivity index (χ1v) is 7.82. The number of methoxy groups -OCH3 is 1. The first-order chi connectivity index (χ1) is 11.6. The third kappa shape index (κ3) is 3.90. The molecule has 0 spiro atoms. The second kappa shape index (κ2) is 7.12. The molecule has 0 N–H and O–H groups in total. The Kier molecular flexibility index (Phi) is 4.74. The van der Waals surface area contributed by atoms with Crippen LogP contribution in [0, 0.1) is 0 Å². The molecule has 0 aliphatic heterocycles. The van der Waals surface area contributed by atoms with E-state index in [0.717, 1.165) is 22.6 Å². The number of benzene rings is 2. The summed E-state index contributed by atoms with van der Waals surface area (Å²) in [5.74, 6) is 2.20. The number of nitrogens with zero attached hydrogens (tertiary/aromatic N) is 4. The van der Waals surface area contributed by atoms with Gasteiger partial charge < -0.3 is 9.47 Å². The predicted octanol–water partition coefficient (Wildman–Crippen LogP) is 3.18. The van der Waals surface area contributed by atoms with Crippen molar-refractivity contribution in [3.63, 3.8) is 0 Å². The monoisotopic (exact) mass is 324 g/mol. The summed E-state index contributed by atoms with van der Waals surface area (Å²) in [5.41, 5.74) is 1.96. The fourth-order valence-electron chi connectivity index (χ4n) is 2.30. The van der Waals surface area contributed by atoms with Crippen molar-refractivity contribution in [1.82, 2.24) is 20.2 Å². The zero-order valence-corrected chi connectivity index (χ0v) is 14.0. The van der Waals surface area contributed by atoms with Crippen LogP contribution in [0.2, 0.25) is 0 Å². The summed E-state index contributed by atoms with van der Waals surface area (Å²) >= 11 is 0. The molecule has 0 unspecified atom stereocenters. The summed E-state index contributed by atoms with van der Waals surface area (Å²) in [5, 5.41) is 12.7. The van der Waals surface area contributed by atoms with Crippen molar-refractivity contribution < 1.29 is 9.47 Å². The van der Waals surface area contributed by atoms with Crippen LogP contribution in [-0.4, -0.2) is 33.4 Å². The topological polar surface area (TPSA) is 62.1 Å². The van der Waals surface area contributed by atoms with E-state index in [4.69, 9.17) is 9.47 Å². The smallest absolute Gasteiger partial charge is 0.205 e. The van der Waals surface area contributed by atoms with Gasteiger partial charge in [-0.05, 0) is 48.9 Å². The van der Waals surface area contributed by atoms with Gasteiger partial charge in [0.15, 0.2) is 0 Å². The summed E-state index contributed by atoms with van der Waals surface area (Å²) in [6, 6.07) is 15.5. The molecule has 0 atom stereocenters. The first kappa shape index (κ1) is 16.0. The van der Waals surface area contributed by atoms with Gasteiger partial charge in [-0.15, -0.1) is 10.2 Å². The van der Waals surface area contributed by atoms with Crippen LogP contribution in [0.5, 0.6) is 11.5 Å². The van der Waals surface area contributed by atoms with Crippen LogP contribution in [0.4, 0.5) is 0 Å². The van der Waals surface area contributed by atoms with Gasteiger partial charge >= 0.3 is 0 Å². The second-order valence-corrected chi connectivity index (χ2v) is 5.69. The summed E-state index contributed by atoms with van der Waals surface area (Å²) in [6.07, 6.45) is 0.165. The van der Waals surface area contributed by atoms with Crippen molar-refractivity contribution in [2.45, 2.75) is 26.5 Å². The van der Waals surface area contributed by atoms with Crippen molar-refractivity contribution in [2.75, 3.05) is 7.11 Å². The van der Waals surface area contributed by atoms with Gasteiger partial charge in [0, 0.05) is 5.56 Å². The highest BCUT2D eigenvalue weighted by molar-refractivity contribution is 5.56. The van der Waals surface area contributed by atoms with Gasteiger partial charge in [-0.3, -0.25) is 0 Å². The van der Waals surface area contributed by atoms with Crippen molar-refractivity contribution >= 4 is 0 Å². The van der Waals surface area contributed by atoms with Crippen molar-refractivity contribution in [2.24, 2.45) is 0 Å². The fourth-order valence-corrected chi connectivity index (χ4v) is 2.30. The fraction of sp³-hybridized carbons (Fsp3) is 0.278. The molecule has 1 heterocycles. The van der Waals surface area contributed by atoms with Crippen LogP contribution < -0.4 is 9.47 Å². The highest BCUT2D eigenvalue weighted by Gasteiger charge is 2.07. The molecule has 6 nitrogen and oxygen atoms in total. The van der Waals surface area contributed by atoms with Gasteiger partial charge in [0.1, 0.15) is 11.5 Å². The Bertz CT molecular complexity index is 797. The molecule has 0 amide bonds. The van der Waals surface area contributed by atoms with Crippen molar-refractivity contribution in [3.05, 3.63) is 54.1 Å². The molecule has 1 aromatic heterocycles. The zero-order valence-electron chi connectivity index (χ0n) is 14.0. The van der Waals surface area contributed by atoms with E-state index in [9.17, 15) is 0 Å². The average Bonchev–Trinajstić information content (AvgIpc) is 3.05. The number of aromatic nitrogens is 4. The number of rotatable bonds is 6. The molecule has 2 aromatic carbocycles. The normalized spacial score (nSPS) is 10.8. The Morgan fingerprint density at radius 1 is 1.04 bits per heavy atom. The molecule has 0 saturated heterocycles. The van der Waals surface area contributed by atoms with Crippen LogP contribution in [-0.2, 0) is 6.54 Å². The van der Waals surface area contributed by atoms with Crippen LogP contribution in [0.25, 0.3) is 11.4 Å². The van der Waals surface area contributed by atoms with E-state index >= 15 is 0 Å². The van der Waals surface area contributed by atoms with Gasteiger partial charge in [-0.1, -0.05) is 24.3 Å². The predicted molar refractivity (Wildman–Crippen MR) is 91.1 cm³/mol. The van der Waals surface area contributed by atoms with Gasteiger partial charge in [0.25, 0.3) is 0 Å². The van der Waals surface area contributed by atoms with Crippen LogP contribution in [0.1, 0.15) is 19.4 Å². The first-order valence-electron chi connectivity index (χ1n) is 7.82. The molecule has 124 valence electrons. The van der Waals surface area contributed by atoms with Gasteiger partial charge in [0.05, 0.1) is 19.8 Å². The minimum absolute atomic E-state index is 0.165. The molecular weight excluding hydrogens is 304 g/mol. The maximum absolute atomic E-state index is 5.64. The average molecular weight is 324 g/mol. The van der Waals surface area contributed by atoms with Crippen molar-refractivity contribution in [3.8, 4) is 22.9 Å². The Morgan fingerprint density at radius 2 is 1.83 bits per heavy atom. The quantitative estimate of drug-likeness (QED) is 0.697. The van der Waals surface area contributed by atoms with Gasteiger partial charge in [-0.25, -0.2) is 0 Å². The standard InChI is InChI=1S/C18H20N4O2/c1-13(2)24-16-9-7-14(8-10-16)12-22-20-18(19-21-22)15-5-4-6-17(11-15)23-3/h4-11,13H,12H2,1-3H3. The van der Waals surface area contributed by atoms with E-state index in [1.807, 2.05) is 62.4 Å². The molecule has 0 aliphatic carbocycles. The maximum Gasteiger partial charge on any atom is 0.205 e. The summed E-state index contributed by atoms with van der Waals surface area (Å²) < 4.78 is 10.9. The second-order valence-electron chi connectivity index (χ2n) is 5.69. The van der Waals surface area contributed by atoms with E-state index in [0.29, 0.717) is 12.4 Å². The third-order valence-corrected chi connectivity index (χ3v) is 3.40. The minimum Gasteiger partial charge on any atom is -0.497 e. The summed E-state index contributed by atoms with van der Waals surface area (Å²) in [4.78, 5) is 1.58. The highest BCUT2D eigenvalue weighted by atomic mass is 16.5. The minimum atomic E-state index is 0.165. The SMILES string of the molecule is COc1cccc(-c2nnn(Cc3ccc(OC(C)C)cc3)n2)c1. The van der Waals surface area contributed by atoms with Gasteiger partial charge in [-0.2, -0.15) is 4.80 Å². The Hall–Kier alpha value is -2.89. The molecule has 0 radical (unpaired) electrons. The van der Waals surface area contributed by atoms with E-state index in [1.54, 1.807) is 11.9 Å². The number of ether oxygens (including phenoxy) is 2. The van der Waals surface area contributed by atoms with Crippen molar-refractivity contribution in [1.29, 1.82) is 0 Å². The lowest BCUT2D eigenvalue weighted by molar-refractivity contribution is 0.242. The molecular formula is C18H20N4O2. The van der Waals surface area contributed by atoms with Crippen LogP contribution in [0.15, 0.2) is 48.5 Å². The number of hydrogen-bond acceptors (Lipinski definition) is 5. The molecule has 0 fully saturated rings. The largest absolute Gasteiger partial charge is 0.497 e. The lowest BCUT2D eigenvalue weighted by Gasteiger charge is -2.09. The molecule has 0 aliphatic rings.